The molecule has 0 aliphatic heterocycles. The first-order valence-corrected chi connectivity index (χ1v) is 8.86. The maximum absolute atomic E-state index is 11.6. The summed E-state index contributed by atoms with van der Waals surface area (Å²) in [6.45, 7) is 1.31. The first-order valence-electron chi connectivity index (χ1n) is 8.86. The number of benzene rings is 1. The molecule has 0 bridgehead atoms. The summed E-state index contributed by atoms with van der Waals surface area (Å²) in [5, 5.41) is 2.18. The molecule has 1 aromatic carbocycles. The highest BCUT2D eigenvalue weighted by Gasteiger charge is 2.21. The van der Waals surface area contributed by atoms with Crippen LogP contribution in [0.5, 0.6) is 0 Å². The second kappa shape index (κ2) is 9.91. The van der Waals surface area contributed by atoms with Gasteiger partial charge in [0.1, 0.15) is 6.10 Å². The Morgan fingerprint density at radius 2 is 1.88 bits per heavy atom. The van der Waals surface area contributed by atoms with Crippen LogP contribution in [0.15, 0.2) is 42.0 Å². The fourth-order valence-corrected chi connectivity index (χ4v) is 3.09. The number of nitrogens with one attached hydrogen (secondary N) is 1. The van der Waals surface area contributed by atoms with Crippen LogP contribution in [0.25, 0.3) is 0 Å². The molecule has 130 valence electrons. The summed E-state index contributed by atoms with van der Waals surface area (Å²) < 4.78 is 5.40. The molecule has 1 aromatic rings. The van der Waals surface area contributed by atoms with Gasteiger partial charge in [-0.1, -0.05) is 42.8 Å². The number of allylic oxidation sites excluding steroid dienone is 1. The van der Waals surface area contributed by atoms with E-state index >= 15 is 0 Å². The average Bonchev–Trinajstić information content (AvgIpc) is 2.56. The molecule has 0 spiro atoms. The normalized spacial score (nSPS) is 17.0. The van der Waals surface area contributed by atoms with Gasteiger partial charge in [-0.15, -0.1) is 0 Å². The van der Waals surface area contributed by atoms with Crippen LogP contribution < -0.4 is 5.32 Å². The van der Waals surface area contributed by atoms with E-state index in [9.17, 15) is 9.59 Å². The number of alkyl carbamates (subject to hydrolysis) is 1. The molecule has 4 heteroatoms. The number of amides is 2. The standard InChI is InChI=1S/C20H27NO3/c1-16(22)21-20(23)24-19-15-9-8-14-18(19)13-7-3-6-12-17-10-4-2-5-11-17/h2,4-5,10-11,14,19H,3,6-9,12-13,15H2,1H3,(H,21,22,23). The van der Waals surface area contributed by atoms with Gasteiger partial charge >= 0.3 is 6.09 Å². The molecule has 1 atom stereocenters. The number of imide groups is 1. The summed E-state index contributed by atoms with van der Waals surface area (Å²) >= 11 is 0. The van der Waals surface area contributed by atoms with E-state index in [-0.39, 0.29) is 12.0 Å². The van der Waals surface area contributed by atoms with E-state index in [1.165, 1.54) is 30.9 Å². The van der Waals surface area contributed by atoms with Gasteiger partial charge < -0.3 is 4.74 Å². The van der Waals surface area contributed by atoms with Crippen molar-refractivity contribution >= 4 is 12.0 Å². The topological polar surface area (TPSA) is 55.4 Å². The molecule has 1 aliphatic rings. The third-order valence-corrected chi connectivity index (χ3v) is 4.29. The molecule has 1 aliphatic carbocycles. The second-order valence-electron chi connectivity index (χ2n) is 6.33. The minimum Gasteiger partial charge on any atom is -0.441 e. The quantitative estimate of drug-likeness (QED) is 0.590. The van der Waals surface area contributed by atoms with Gasteiger partial charge in [-0.25, -0.2) is 4.79 Å². The van der Waals surface area contributed by atoms with Crippen molar-refractivity contribution in [2.75, 3.05) is 0 Å². The molecule has 0 saturated carbocycles. The van der Waals surface area contributed by atoms with Gasteiger partial charge in [0, 0.05) is 6.92 Å². The Bertz CT molecular complexity index is 566. The summed E-state index contributed by atoms with van der Waals surface area (Å²) in [5.41, 5.74) is 2.59. The van der Waals surface area contributed by atoms with Gasteiger partial charge in [-0.3, -0.25) is 10.1 Å². The molecule has 2 rings (SSSR count). The molecule has 0 saturated heterocycles. The lowest BCUT2D eigenvalue weighted by atomic mass is 9.92. The number of carbonyl (C=O) groups excluding carboxylic acids is 2. The smallest absolute Gasteiger partial charge is 0.414 e. The Morgan fingerprint density at radius 3 is 2.62 bits per heavy atom. The zero-order chi connectivity index (χ0) is 17.2. The van der Waals surface area contributed by atoms with E-state index in [2.05, 4.69) is 35.7 Å². The summed E-state index contributed by atoms with van der Waals surface area (Å²) in [6, 6.07) is 10.5. The molecule has 1 unspecified atom stereocenters. The Balaban J connectivity index is 1.70. The monoisotopic (exact) mass is 329 g/mol. The van der Waals surface area contributed by atoms with Crippen molar-refractivity contribution in [2.24, 2.45) is 0 Å². The molecule has 0 fully saturated rings. The van der Waals surface area contributed by atoms with E-state index in [1.54, 1.807) is 0 Å². The van der Waals surface area contributed by atoms with Crippen LogP contribution in [0, 0.1) is 0 Å². The van der Waals surface area contributed by atoms with Gasteiger partial charge in [-0.2, -0.15) is 0 Å². The largest absolute Gasteiger partial charge is 0.441 e. The molecular weight excluding hydrogens is 302 g/mol. The van der Waals surface area contributed by atoms with Crippen LogP contribution >= 0.6 is 0 Å². The van der Waals surface area contributed by atoms with Crippen molar-refractivity contribution in [1.82, 2.24) is 5.32 Å². The molecule has 24 heavy (non-hydrogen) atoms. The fraction of sp³-hybridized carbons (Fsp3) is 0.500. The predicted molar refractivity (Wildman–Crippen MR) is 94.6 cm³/mol. The number of unbranched alkanes of at least 4 members (excludes halogenated alkanes) is 2. The maximum Gasteiger partial charge on any atom is 0.414 e. The van der Waals surface area contributed by atoms with Crippen molar-refractivity contribution in [1.29, 1.82) is 0 Å². The van der Waals surface area contributed by atoms with Crippen molar-refractivity contribution < 1.29 is 14.3 Å². The van der Waals surface area contributed by atoms with Crippen molar-refractivity contribution in [2.45, 2.75) is 64.4 Å². The van der Waals surface area contributed by atoms with Crippen molar-refractivity contribution in [3.05, 3.63) is 47.5 Å². The fourth-order valence-electron chi connectivity index (χ4n) is 3.09. The second-order valence-corrected chi connectivity index (χ2v) is 6.33. The molecule has 0 aromatic heterocycles. The SMILES string of the molecule is CC(=O)NC(=O)OC1CCCC=C1CCCCCc1ccccc1. The molecule has 1 N–H and O–H groups in total. The first kappa shape index (κ1) is 18.2. The summed E-state index contributed by atoms with van der Waals surface area (Å²) in [6.07, 6.45) is 9.83. The molecule has 2 amide bonds. The highest BCUT2D eigenvalue weighted by molar-refractivity contribution is 5.90. The zero-order valence-electron chi connectivity index (χ0n) is 14.4. The third-order valence-electron chi connectivity index (χ3n) is 4.29. The zero-order valence-corrected chi connectivity index (χ0v) is 14.4. The summed E-state index contributed by atoms with van der Waals surface area (Å²) in [4.78, 5) is 22.5. The van der Waals surface area contributed by atoms with E-state index in [1.807, 2.05) is 6.07 Å². The highest BCUT2D eigenvalue weighted by Crippen LogP contribution is 2.26. The van der Waals surface area contributed by atoms with Crippen LogP contribution in [-0.2, 0) is 16.0 Å². The Hall–Kier alpha value is -2.10. The summed E-state index contributed by atoms with van der Waals surface area (Å²) in [7, 11) is 0. The Morgan fingerprint density at radius 1 is 1.12 bits per heavy atom. The van der Waals surface area contributed by atoms with Gasteiger partial charge in [-0.05, 0) is 56.1 Å². The minimum atomic E-state index is -0.635. The van der Waals surface area contributed by atoms with Gasteiger partial charge in [0.05, 0.1) is 0 Å². The number of hydrogen-bond donors (Lipinski definition) is 1. The summed E-state index contributed by atoms with van der Waals surface area (Å²) in [5.74, 6) is -0.387. The predicted octanol–water partition coefficient (Wildman–Crippen LogP) is 4.54. The number of rotatable bonds is 7. The van der Waals surface area contributed by atoms with Crippen molar-refractivity contribution in [3.63, 3.8) is 0 Å². The number of aryl methyl sites for hydroxylation is 1. The van der Waals surface area contributed by atoms with Gasteiger partial charge in [0.25, 0.3) is 0 Å². The van der Waals surface area contributed by atoms with Crippen molar-refractivity contribution in [3.8, 4) is 0 Å². The van der Waals surface area contributed by atoms with Gasteiger partial charge in [0.15, 0.2) is 0 Å². The Labute approximate surface area is 144 Å². The number of ether oxygens (including phenoxy) is 1. The van der Waals surface area contributed by atoms with Crippen LogP contribution in [0.1, 0.15) is 57.4 Å². The lowest BCUT2D eigenvalue weighted by Gasteiger charge is -2.24. The van der Waals surface area contributed by atoms with Crippen LogP contribution in [0.2, 0.25) is 0 Å². The van der Waals surface area contributed by atoms with E-state index in [0.717, 1.165) is 38.5 Å². The van der Waals surface area contributed by atoms with E-state index in [4.69, 9.17) is 4.74 Å². The lowest BCUT2D eigenvalue weighted by molar-refractivity contribution is -0.118. The van der Waals surface area contributed by atoms with E-state index in [0.29, 0.717) is 0 Å². The Kier molecular flexibility index (Phi) is 7.53. The lowest BCUT2D eigenvalue weighted by Crippen LogP contribution is -2.33. The molecule has 0 heterocycles. The minimum absolute atomic E-state index is 0.174. The number of hydrogen-bond acceptors (Lipinski definition) is 3. The van der Waals surface area contributed by atoms with Crippen LogP contribution in [-0.4, -0.2) is 18.1 Å². The van der Waals surface area contributed by atoms with Crippen LogP contribution in [0.3, 0.4) is 0 Å². The third kappa shape index (κ3) is 6.57. The maximum atomic E-state index is 11.6. The van der Waals surface area contributed by atoms with E-state index < -0.39 is 6.09 Å². The highest BCUT2D eigenvalue weighted by atomic mass is 16.6. The molecule has 0 radical (unpaired) electrons. The number of carbonyl (C=O) groups is 2. The average molecular weight is 329 g/mol. The molecular formula is C20H27NO3. The van der Waals surface area contributed by atoms with Crippen LogP contribution in [0.4, 0.5) is 4.79 Å². The molecule has 4 nitrogen and oxygen atoms in total. The van der Waals surface area contributed by atoms with Gasteiger partial charge in [0.2, 0.25) is 5.91 Å². The first-order chi connectivity index (χ1) is 11.6.